The van der Waals surface area contributed by atoms with Crippen LogP contribution in [0.3, 0.4) is 0 Å². The number of amides is 1. The van der Waals surface area contributed by atoms with Gasteiger partial charge < -0.3 is 20.2 Å². The number of hydrogen-bond acceptors (Lipinski definition) is 7. The quantitative estimate of drug-likeness (QED) is 0.302. The Bertz CT molecular complexity index is 1850. The first-order valence-electron chi connectivity index (χ1n) is 14.2. The fourth-order valence-electron chi connectivity index (χ4n) is 6.30. The first kappa shape index (κ1) is 28.7. The fourth-order valence-corrected chi connectivity index (χ4v) is 6.57. The van der Waals surface area contributed by atoms with Crippen molar-refractivity contribution in [3.63, 3.8) is 0 Å². The summed E-state index contributed by atoms with van der Waals surface area (Å²) in [5.41, 5.74) is 2.20. The maximum absolute atomic E-state index is 16.7. The van der Waals surface area contributed by atoms with E-state index in [-0.39, 0.29) is 58.0 Å². The van der Waals surface area contributed by atoms with Gasteiger partial charge in [0.2, 0.25) is 5.91 Å². The van der Waals surface area contributed by atoms with Gasteiger partial charge >= 0.3 is 5.69 Å². The summed E-state index contributed by atoms with van der Waals surface area (Å²) in [5.74, 6) is -0.722. The number of carbonyl (C=O) groups is 1. The third-order valence-electron chi connectivity index (χ3n) is 8.37. The molecule has 0 spiro atoms. The van der Waals surface area contributed by atoms with Crippen LogP contribution in [0.4, 0.5) is 15.9 Å². The fraction of sp³-hybridized carbons (Fsp3) is 0.312. The average molecular weight is 603 g/mol. The molecule has 2 unspecified atom stereocenters. The molecule has 2 aromatic heterocycles. The summed E-state index contributed by atoms with van der Waals surface area (Å²) in [6.45, 7) is 12.4. The van der Waals surface area contributed by atoms with Crippen molar-refractivity contribution < 1.29 is 14.3 Å². The highest BCUT2D eigenvalue weighted by Crippen LogP contribution is 2.45. The van der Waals surface area contributed by atoms with Crippen LogP contribution in [0.15, 0.2) is 54.0 Å². The number of aromatic nitrogens is 3. The molecule has 222 valence electrons. The molecule has 43 heavy (non-hydrogen) atoms. The number of carbonyl (C=O) groups excluding carboxylic acids is 1. The van der Waals surface area contributed by atoms with Crippen LogP contribution in [-0.4, -0.2) is 62.2 Å². The van der Waals surface area contributed by atoms with Gasteiger partial charge in [0.05, 0.1) is 39.0 Å². The van der Waals surface area contributed by atoms with Crippen LogP contribution in [0.25, 0.3) is 27.7 Å². The summed E-state index contributed by atoms with van der Waals surface area (Å²) in [5, 5.41) is 14.7. The Morgan fingerprint density at radius 2 is 2.05 bits per heavy atom. The van der Waals surface area contributed by atoms with Crippen molar-refractivity contribution in [1.29, 1.82) is 0 Å². The second-order valence-electron chi connectivity index (χ2n) is 11.4. The number of fused-ring (bicyclic) bond motifs is 2. The predicted octanol–water partition coefficient (Wildman–Crippen LogP) is 5.39. The summed E-state index contributed by atoms with van der Waals surface area (Å²) >= 11 is 6.52. The zero-order chi connectivity index (χ0) is 30.7. The minimum absolute atomic E-state index is 0.0296. The molecule has 2 atom stereocenters. The highest BCUT2D eigenvalue weighted by molar-refractivity contribution is 6.33. The zero-order valence-electron chi connectivity index (χ0n) is 24.4. The lowest BCUT2D eigenvalue weighted by Crippen LogP contribution is -2.60. The van der Waals surface area contributed by atoms with Gasteiger partial charge in [0.15, 0.2) is 5.82 Å². The van der Waals surface area contributed by atoms with Gasteiger partial charge in [-0.15, -0.1) is 0 Å². The van der Waals surface area contributed by atoms with Crippen molar-refractivity contribution in [2.75, 3.05) is 29.9 Å². The van der Waals surface area contributed by atoms with Gasteiger partial charge in [0, 0.05) is 43.0 Å². The molecule has 1 fully saturated rings. The highest BCUT2D eigenvalue weighted by atomic mass is 35.5. The van der Waals surface area contributed by atoms with E-state index in [0.717, 1.165) is 5.56 Å². The number of phenolic OH excluding ortho intramolecular Hbond substituents is 1. The van der Waals surface area contributed by atoms with Gasteiger partial charge in [-0.25, -0.2) is 9.18 Å². The van der Waals surface area contributed by atoms with Crippen molar-refractivity contribution in [2.45, 2.75) is 45.7 Å². The second kappa shape index (κ2) is 10.7. The van der Waals surface area contributed by atoms with Crippen LogP contribution in [-0.2, 0) is 4.79 Å². The summed E-state index contributed by atoms with van der Waals surface area (Å²) < 4.78 is 18.2. The number of nitrogens with zero attached hydrogens (tertiary/aromatic N) is 5. The first-order valence-corrected chi connectivity index (χ1v) is 14.6. The van der Waals surface area contributed by atoms with Gasteiger partial charge in [0.1, 0.15) is 11.6 Å². The number of benzene rings is 2. The van der Waals surface area contributed by atoms with E-state index >= 15 is 4.39 Å². The highest BCUT2D eigenvalue weighted by Gasteiger charge is 2.39. The van der Waals surface area contributed by atoms with Crippen molar-refractivity contribution in [3.8, 4) is 22.6 Å². The molecule has 11 heteroatoms. The molecule has 2 aliphatic rings. The Balaban J connectivity index is 1.72. The standard InChI is InChI=1S/C32H32ClFN6O3/c1-6-24(42)38-15-19-13-36-29-26-22(12-20(27(29)34)25-21(33)8-7-9-23(25)41)40(30-17(4)10-11-35-28(30)16(2)3)32(43)37-31(26)39(19)14-18(38)5/h6-12,16,18-19,36,41H,1,13-15H2,2-5H3. The Hall–Kier alpha value is -4.44. The number of piperazine rings is 1. The van der Waals surface area contributed by atoms with Crippen LogP contribution in [0, 0.1) is 12.7 Å². The largest absolute Gasteiger partial charge is 0.507 e. The van der Waals surface area contributed by atoms with E-state index in [1.54, 1.807) is 29.3 Å². The summed E-state index contributed by atoms with van der Waals surface area (Å²) in [7, 11) is 0. The predicted molar refractivity (Wildman–Crippen MR) is 167 cm³/mol. The number of pyridine rings is 1. The van der Waals surface area contributed by atoms with Gasteiger partial charge in [-0.05, 0) is 55.7 Å². The van der Waals surface area contributed by atoms with Crippen molar-refractivity contribution in [2.24, 2.45) is 0 Å². The van der Waals surface area contributed by atoms with Crippen molar-refractivity contribution in [1.82, 2.24) is 19.4 Å². The molecule has 0 saturated carbocycles. The molecular formula is C32H32ClFN6O3. The van der Waals surface area contributed by atoms with E-state index in [0.29, 0.717) is 41.2 Å². The molecule has 4 heterocycles. The summed E-state index contributed by atoms with van der Waals surface area (Å²) in [6.07, 6.45) is 2.99. The Kier molecular flexibility index (Phi) is 7.12. The third kappa shape index (κ3) is 4.52. The van der Waals surface area contributed by atoms with E-state index in [9.17, 15) is 14.7 Å². The molecule has 0 radical (unpaired) electrons. The molecule has 2 N–H and O–H groups in total. The molecule has 1 amide bonds. The molecule has 1 saturated heterocycles. The van der Waals surface area contributed by atoms with Crippen LogP contribution < -0.4 is 15.9 Å². The van der Waals surface area contributed by atoms with Crippen LogP contribution in [0.1, 0.15) is 37.9 Å². The normalized spacial score (nSPS) is 17.9. The van der Waals surface area contributed by atoms with Gasteiger partial charge in [0.25, 0.3) is 0 Å². The van der Waals surface area contributed by atoms with Crippen LogP contribution in [0.5, 0.6) is 5.75 Å². The number of phenols is 1. The number of halogens is 2. The molecular weight excluding hydrogens is 571 g/mol. The molecule has 6 rings (SSSR count). The number of hydrogen-bond donors (Lipinski definition) is 2. The Labute approximate surface area is 253 Å². The lowest BCUT2D eigenvalue weighted by Gasteiger charge is -2.45. The summed E-state index contributed by atoms with van der Waals surface area (Å²) in [6, 6.07) is 7.46. The molecule has 2 aromatic carbocycles. The Morgan fingerprint density at radius 1 is 1.28 bits per heavy atom. The van der Waals surface area contributed by atoms with Crippen molar-refractivity contribution >= 4 is 39.9 Å². The second-order valence-corrected chi connectivity index (χ2v) is 11.8. The number of rotatable bonds is 4. The minimum atomic E-state index is -0.636. The third-order valence-corrected chi connectivity index (χ3v) is 8.69. The lowest BCUT2D eigenvalue weighted by molar-refractivity contribution is -0.128. The Morgan fingerprint density at radius 3 is 2.74 bits per heavy atom. The zero-order valence-corrected chi connectivity index (χ0v) is 25.1. The summed E-state index contributed by atoms with van der Waals surface area (Å²) in [4.78, 5) is 39.7. The number of anilines is 2. The maximum atomic E-state index is 16.7. The monoisotopic (exact) mass is 602 g/mol. The number of nitrogens with one attached hydrogen (secondary N) is 1. The lowest BCUT2D eigenvalue weighted by atomic mass is 9.99. The average Bonchev–Trinajstić information content (AvgIpc) is 3.12. The topological polar surface area (TPSA) is 104 Å². The van der Waals surface area contributed by atoms with Gasteiger partial charge in [-0.2, -0.15) is 4.98 Å². The SMILES string of the molecule is C=CC(=O)N1CC2CNc3c(F)c(-c4c(O)cccc4Cl)cc4c3c(nc(=O)n4-c3c(C)ccnc3C(C)C)N2CC1C. The van der Waals surface area contributed by atoms with E-state index in [1.165, 1.54) is 16.7 Å². The van der Waals surface area contributed by atoms with E-state index in [1.807, 2.05) is 38.7 Å². The minimum Gasteiger partial charge on any atom is -0.507 e. The number of aromatic hydroxyl groups is 1. The van der Waals surface area contributed by atoms with Gasteiger partial charge in [-0.1, -0.05) is 38.1 Å². The van der Waals surface area contributed by atoms with Gasteiger partial charge in [-0.3, -0.25) is 14.3 Å². The molecule has 0 aliphatic carbocycles. The maximum Gasteiger partial charge on any atom is 0.354 e. The number of aryl methyl sites for hydroxylation is 1. The molecule has 4 aromatic rings. The molecule has 2 aliphatic heterocycles. The van der Waals surface area contributed by atoms with E-state index < -0.39 is 11.5 Å². The van der Waals surface area contributed by atoms with Crippen LogP contribution in [0.2, 0.25) is 5.02 Å². The van der Waals surface area contributed by atoms with E-state index in [4.69, 9.17) is 11.6 Å². The van der Waals surface area contributed by atoms with E-state index in [2.05, 4.69) is 21.9 Å². The first-order chi connectivity index (χ1) is 20.5. The molecule has 9 nitrogen and oxygen atoms in total. The smallest absolute Gasteiger partial charge is 0.354 e. The van der Waals surface area contributed by atoms with Crippen molar-refractivity contribution in [3.05, 3.63) is 81.8 Å². The molecule has 0 bridgehead atoms. The van der Waals surface area contributed by atoms with Crippen LogP contribution >= 0.6 is 11.6 Å².